The zero-order valence-electron chi connectivity index (χ0n) is 14.5. The molecule has 0 spiro atoms. The van der Waals surface area contributed by atoms with Crippen LogP contribution in [-0.4, -0.2) is 30.3 Å². The van der Waals surface area contributed by atoms with Gasteiger partial charge in [-0.25, -0.2) is 4.98 Å². The molecule has 1 aromatic heterocycles. The van der Waals surface area contributed by atoms with Gasteiger partial charge in [0.1, 0.15) is 5.82 Å². The van der Waals surface area contributed by atoms with E-state index in [-0.39, 0.29) is 0 Å². The first-order valence-electron chi connectivity index (χ1n) is 9.22. The number of rotatable bonds is 2. The summed E-state index contributed by atoms with van der Waals surface area (Å²) in [6.07, 6.45) is 7.11. The summed E-state index contributed by atoms with van der Waals surface area (Å²) in [5, 5.41) is 7.05. The van der Waals surface area contributed by atoms with Gasteiger partial charge >= 0.3 is 0 Å². The van der Waals surface area contributed by atoms with E-state index >= 15 is 0 Å². The van der Waals surface area contributed by atoms with E-state index in [1.807, 2.05) is 19.4 Å². The van der Waals surface area contributed by atoms with Gasteiger partial charge in [0.2, 0.25) is 0 Å². The Balaban J connectivity index is 1.44. The van der Waals surface area contributed by atoms with Gasteiger partial charge in [-0.05, 0) is 49.9 Å². The van der Waals surface area contributed by atoms with Crippen molar-refractivity contribution in [2.24, 2.45) is 0 Å². The minimum absolute atomic E-state index is 0.426. The Labute approximate surface area is 148 Å². The summed E-state index contributed by atoms with van der Waals surface area (Å²) in [4.78, 5) is 7.10. The fourth-order valence-electron chi connectivity index (χ4n) is 4.70. The summed E-state index contributed by atoms with van der Waals surface area (Å²) < 4.78 is 5.64. The van der Waals surface area contributed by atoms with E-state index < -0.39 is 0 Å². The zero-order valence-corrected chi connectivity index (χ0v) is 14.5. The Morgan fingerprint density at radius 1 is 1.12 bits per heavy atom. The standard InChI is InChI=1S/C20H24N4O/c1-25-17-9-14-4-5-15(10-17)24(14)16-6-7-18-19(11-16)22-12-13-3-2-8-21-20(13)23-18/h2-3,6-8,11,14-15,17,22H,4-5,9-10,12H2,1H3,(H,21,23)/t14-,15+,17+. The van der Waals surface area contributed by atoms with Gasteiger partial charge in [-0.3, -0.25) is 0 Å². The topological polar surface area (TPSA) is 49.4 Å². The maximum atomic E-state index is 5.64. The van der Waals surface area contributed by atoms with E-state index in [1.165, 1.54) is 24.1 Å². The van der Waals surface area contributed by atoms with E-state index in [0.29, 0.717) is 18.2 Å². The van der Waals surface area contributed by atoms with Crippen LogP contribution in [0, 0.1) is 0 Å². The SMILES string of the molecule is CO[C@H]1C[C@H]2CC[C@@H](C1)N2c1ccc2c(c1)NCc1cccnc1N2. The van der Waals surface area contributed by atoms with Crippen LogP contribution in [0.1, 0.15) is 31.2 Å². The van der Waals surface area contributed by atoms with Gasteiger partial charge in [0.25, 0.3) is 0 Å². The number of nitrogens with zero attached hydrogens (tertiary/aromatic N) is 2. The Hall–Kier alpha value is -2.27. The normalized spacial score (nSPS) is 26.9. The largest absolute Gasteiger partial charge is 0.381 e. The highest BCUT2D eigenvalue weighted by atomic mass is 16.5. The van der Waals surface area contributed by atoms with Crippen molar-refractivity contribution in [1.29, 1.82) is 0 Å². The number of anilines is 4. The fraction of sp³-hybridized carbons (Fsp3) is 0.450. The van der Waals surface area contributed by atoms with Crippen LogP contribution in [0.15, 0.2) is 36.5 Å². The van der Waals surface area contributed by atoms with Crippen LogP contribution < -0.4 is 15.5 Å². The van der Waals surface area contributed by atoms with Gasteiger partial charge in [-0.2, -0.15) is 0 Å². The molecule has 5 nitrogen and oxygen atoms in total. The second kappa shape index (κ2) is 5.92. The quantitative estimate of drug-likeness (QED) is 0.871. The number of piperidine rings is 1. The molecule has 2 bridgehead atoms. The molecular formula is C20H24N4O. The van der Waals surface area contributed by atoms with Gasteiger partial charge in [0, 0.05) is 43.2 Å². The Bertz CT molecular complexity index is 779. The number of fused-ring (bicyclic) bond motifs is 4. The van der Waals surface area contributed by atoms with Crippen molar-refractivity contribution in [2.45, 2.75) is 50.4 Å². The molecular weight excluding hydrogens is 312 g/mol. The second-order valence-electron chi connectivity index (χ2n) is 7.34. The second-order valence-corrected chi connectivity index (χ2v) is 7.34. The molecule has 0 amide bonds. The molecule has 3 aliphatic rings. The lowest BCUT2D eigenvalue weighted by Gasteiger charge is -2.40. The van der Waals surface area contributed by atoms with Crippen molar-refractivity contribution in [2.75, 3.05) is 22.6 Å². The number of aromatic nitrogens is 1. The molecule has 5 heteroatoms. The van der Waals surface area contributed by atoms with Gasteiger partial charge in [0.05, 0.1) is 17.5 Å². The first-order chi connectivity index (χ1) is 12.3. The molecule has 2 N–H and O–H groups in total. The molecule has 5 rings (SSSR count). The molecule has 0 saturated carbocycles. The van der Waals surface area contributed by atoms with E-state index in [2.05, 4.69) is 44.8 Å². The summed E-state index contributed by atoms with van der Waals surface area (Å²) in [5.74, 6) is 0.947. The number of nitrogens with one attached hydrogen (secondary N) is 2. The van der Waals surface area contributed by atoms with Crippen LogP contribution in [0.4, 0.5) is 22.9 Å². The summed E-state index contributed by atoms with van der Waals surface area (Å²) in [5.41, 5.74) is 4.78. The predicted octanol–water partition coefficient (Wildman–Crippen LogP) is 3.90. The third-order valence-electron chi connectivity index (χ3n) is 5.94. The maximum Gasteiger partial charge on any atom is 0.135 e. The van der Waals surface area contributed by atoms with Crippen molar-refractivity contribution in [3.05, 3.63) is 42.1 Å². The highest BCUT2D eigenvalue weighted by Crippen LogP contribution is 2.42. The van der Waals surface area contributed by atoms with Crippen LogP contribution in [0.2, 0.25) is 0 Å². The van der Waals surface area contributed by atoms with Crippen LogP contribution in [-0.2, 0) is 11.3 Å². The average molecular weight is 336 g/mol. The number of methoxy groups -OCH3 is 1. The zero-order chi connectivity index (χ0) is 16.8. The first-order valence-corrected chi connectivity index (χ1v) is 9.22. The van der Waals surface area contributed by atoms with Crippen molar-refractivity contribution in [3.8, 4) is 0 Å². The van der Waals surface area contributed by atoms with E-state index in [0.717, 1.165) is 36.6 Å². The predicted molar refractivity (Wildman–Crippen MR) is 101 cm³/mol. The minimum Gasteiger partial charge on any atom is -0.381 e. The summed E-state index contributed by atoms with van der Waals surface area (Å²) in [6, 6.07) is 12.1. The van der Waals surface area contributed by atoms with Crippen LogP contribution in [0.3, 0.4) is 0 Å². The average Bonchev–Trinajstić information content (AvgIpc) is 2.83. The van der Waals surface area contributed by atoms with E-state index in [1.54, 1.807) is 0 Å². The molecule has 2 fully saturated rings. The molecule has 1 aromatic carbocycles. The molecule has 0 radical (unpaired) electrons. The maximum absolute atomic E-state index is 5.64. The smallest absolute Gasteiger partial charge is 0.135 e. The third kappa shape index (κ3) is 2.54. The lowest BCUT2D eigenvalue weighted by molar-refractivity contribution is 0.0684. The van der Waals surface area contributed by atoms with E-state index in [4.69, 9.17) is 4.74 Å². The van der Waals surface area contributed by atoms with Crippen molar-refractivity contribution in [1.82, 2.24) is 4.98 Å². The lowest BCUT2D eigenvalue weighted by Crippen LogP contribution is -2.45. The molecule has 130 valence electrons. The van der Waals surface area contributed by atoms with Crippen molar-refractivity contribution < 1.29 is 4.74 Å². The highest BCUT2D eigenvalue weighted by Gasteiger charge is 2.41. The van der Waals surface area contributed by atoms with Gasteiger partial charge in [0.15, 0.2) is 0 Å². The molecule has 0 unspecified atom stereocenters. The molecule has 2 aromatic rings. The number of ether oxygens (including phenoxy) is 1. The molecule has 3 aliphatic heterocycles. The lowest BCUT2D eigenvalue weighted by atomic mass is 9.98. The Kier molecular flexibility index (Phi) is 3.55. The van der Waals surface area contributed by atoms with Crippen molar-refractivity contribution in [3.63, 3.8) is 0 Å². The first kappa shape index (κ1) is 15.0. The monoisotopic (exact) mass is 336 g/mol. The van der Waals surface area contributed by atoms with Gasteiger partial charge in [-0.1, -0.05) is 6.07 Å². The molecule has 4 heterocycles. The summed E-state index contributed by atoms with van der Waals surface area (Å²) in [7, 11) is 1.85. The van der Waals surface area contributed by atoms with Crippen molar-refractivity contribution >= 4 is 22.9 Å². The van der Waals surface area contributed by atoms with Crippen LogP contribution >= 0.6 is 0 Å². The fourth-order valence-corrected chi connectivity index (χ4v) is 4.70. The number of benzene rings is 1. The Morgan fingerprint density at radius 2 is 1.96 bits per heavy atom. The number of pyridine rings is 1. The molecule has 0 aliphatic carbocycles. The summed E-state index contributed by atoms with van der Waals surface area (Å²) in [6.45, 7) is 0.797. The Morgan fingerprint density at radius 3 is 2.76 bits per heavy atom. The molecule has 3 atom stereocenters. The molecule has 2 saturated heterocycles. The minimum atomic E-state index is 0.426. The summed E-state index contributed by atoms with van der Waals surface area (Å²) >= 11 is 0. The van der Waals surface area contributed by atoms with E-state index in [9.17, 15) is 0 Å². The highest BCUT2D eigenvalue weighted by molar-refractivity contribution is 5.80. The number of hydrogen-bond acceptors (Lipinski definition) is 5. The third-order valence-corrected chi connectivity index (χ3v) is 5.94. The van der Waals surface area contributed by atoms with Crippen LogP contribution in [0.25, 0.3) is 0 Å². The number of hydrogen-bond donors (Lipinski definition) is 2. The van der Waals surface area contributed by atoms with Gasteiger partial charge in [-0.15, -0.1) is 0 Å². The van der Waals surface area contributed by atoms with Gasteiger partial charge < -0.3 is 20.3 Å². The van der Waals surface area contributed by atoms with Crippen LogP contribution in [0.5, 0.6) is 0 Å². The molecule has 25 heavy (non-hydrogen) atoms.